The Hall–Kier alpha value is -2.45. The van der Waals surface area contributed by atoms with Gasteiger partial charge in [0.15, 0.2) is 0 Å². The maximum absolute atomic E-state index is 13.4. The summed E-state index contributed by atoms with van der Waals surface area (Å²) in [5, 5.41) is 14.3. The van der Waals surface area contributed by atoms with Gasteiger partial charge in [-0.3, -0.25) is 19.1 Å². The van der Waals surface area contributed by atoms with Crippen LogP contribution in [0, 0.1) is 5.92 Å². The molecule has 3 aliphatic heterocycles. The molecule has 172 valence electrons. The van der Waals surface area contributed by atoms with Gasteiger partial charge in [-0.05, 0) is 56.6 Å². The highest BCUT2D eigenvalue weighted by molar-refractivity contribution is 6.01. The van der Waals surface area contributed by atoms with Gasteiger partial charge in [0.25, 0.3) is 11.5 Å². The van der Waals surface area contributed by atoms with Crippen molar-refractivity contribution >= 4 is 16.9 Å². The standard InChI is InChI=1S/C24H32N4O4/c1-15-4-6-16(7-5-15)26-23(30)20-21(29)19-3-2-10-25-22(19)28(24(20)31)12-11-27-13-18-9-8-17(27)14-32-18/h2-3,10,15-18,29H,4-9,11-14H2,1H3,(H,26,30)/t15-,16+,17-,18-/m0/s1. The molecule has 8 nitrogen and oxygen atoms in total. The number of aromatic nitrogens is 2. The first-order valence-corrected chi connectivity index (χ1v) is 11.9. The molecule has 6 rings (SSSR count). The van der Waals surface area contributed by atoms with E-state index in [1.165, 1.54) is 0 Å². The minimum absolute atomic E-state index is 0.0412. The molecule has 2 atom stereocenters. The summed E-state index contributed by atoms with van der Waals surface area (Å²) in [6.07, 6.45) is 8.00. The molecule has 1 amide bonds. The Labute approximate surface area is 187 Å². The van der Waals surface area contributed by atoms with Crippen LogP contribution in [-0.4, -0.2) is 63.3 Å². The largest absolute Gasteiger partial charge is 0.506 e. The molecule has 0 unspecified atom stereocenters. The number of carbonyl (C=O) groups excluding carboxylic acids is 1. The number of morpholine rings is 1. The molecule has 32 heavy (non-hydrogen) atoms. The molecule has 0 radical (unpaired) electrons. The summed E-state index contributed by atoms with van der Waals surface area (Å²) < 4.78 is 7.34. The first-order chi connectivity index (χ1) is 15.5. The third-order valence-electron chi connectivity index (χ3n) is 7.48. The summed E-state index contributed by atoms with van der Waals surface area (Å²) in [5.74, 6) is -0.102. The number of nitrogens with one attached hydrogen (secondary N) is 1. The fraction of sp³-hybridized carbons (Fsp3) is 0.625. The molecule has 1 saturated carbocycles. The number of fused-ring (bicyclic) bond motifs is 4. The van der Waals surface area contributed by atoms with E-state index < -0.39 is 11.5 Å². The number of nitrogens with zero attached hydrogens (tertiary/aromatic N) is 3. The van der Waals surface area contributed by atoms with Gasteiger partial charge in [0.1, 0.15) is 17.0 Å². The van der Waals surface area contributed by atoms with Crippen molar-refractivity contribution in [3.63, 3.8) is 0 Å². The number of aromatic hydroxyl groups is 1. The minimum atomic E-state index is -0.489. The number of hydrogen-bond acceptors (Lipinski definition) is 6. The summed E-state index contributed by atoms with van der Waals surface area (Å²) >= 11 is 0. The summed E-state index contributed by atoms with van der Waals surface area (Å²) in [5.41, 5.74) is -0.238. The van der Waals surface area contributed by atoms with Gasteiger partial charge < -0.3 is 15.2 Å². The summed E-state index contributed by atoms with van der Waals surface area (Å²) in [6, 6.07) is 3.84. The summed E-state index contributed by atoms with van der Waals surface area (Å²) in [4.78, 5) is 33.3. The minimum Gasteiger partial charge on any atom is -0.506 e. The monoisotopic (exact) mass is 440 g/mol. The van der Waals surface area contributed by atoms with Crippen LogP contribution in [0.25, 0.3) is 11.0 Å². The first kappa shape index (κ1) is 21.4. The van der Waals surface area contributed by atoms with Crippen LogP contribution in [0.2, 0.25) is 0 Å². The maximum atomic E-state index is 13.4. The van der Waals surface area contributed by atoms with E-state index in [4.69, 9.17) is 4.74 Å². The second-order valence-electron chi connectivity index (χ2n) is 9.67. The lowest BCUT2D eigenvalue weighted by atomic mass is 9.87. The van der Waals surface area contributed by atoms with E-state index in [0.29, 0.717) is 36.1 Å². The number of rotatable bonds is 5. The van der Waals surface area contributed by atoms with E-state index in [0.717, 1.165) is 51.7 Å². The van der Waals surface area contributed by atoms with Crippen molar-refractivity contribution in [3.05, 3.63) is 34.2 Å². The topological polar surface area (TPSA) is 96.7 Å². The molecule has 8 heteroatoms. The van der Waals surface area contributed by atoms with E-state index >= 15 is 0 Å². The Morgan fingerprint density at radius 1 is 1.22 bits per heavy atom. The third-order valence-corrected chi connectivity index (χ3v) is 7.48. The van der Waals surface area contributed by atoms with E-state index in [-0.39, 0.29) is 23.5 Å². The number of ether oxygens (including phenoxy) is 1. The smallest absolute Gasteiger partial charge is 0.268 e. The predicted molar refractivity (Wildman–Crippen MR) is 121 cm³/mol. The summed E-state index contributed by atoms with van der Waals surface area (Å²) in [6.45, 7) is 4.93. The van der Waals surface area contributed by atoms with Gasteiger partial charge in [-0.2, -0.15) is 0 Å². The van der Waals surface area contributed by atoms with Crippen LogP contribution in [0.5, 0.6) is 5.75 Å². The van der Waals surface area contributed by atoms with Gasteiger partial charge in [-0.1, -0.05) is 6.92 Å². The highest BCUT2D eigenvalue weighted by atomic mass is 16.5. The molecule has 5 heterocycles. The van der Waals surface area contributed by atoms with Crippen molar-refractivity contribution in [3.8, 4) is 5.75 Å². The van der Waals surface area contributed by atoms with E-state index in [2.05, 4.69) is 22.1 Å². The first-order valence-electron chi connectivity index (χ1n) is 11.9. The molecule has 1 aliphatic carbocycles. The number of carbonyl (C=O) groups is 1. The Balaban J connectivity index is 1.43. The van der Waals surface area contributed by atoms with Crippen molar-refractivity contribution in [2.75, 3.05) is 19.7 Å². The van der Waals surface area contributed by atoms with Crippen molar-refractivity contribution < 1.29 is 14.6 Å². The zero-order chi connectivity index (χ0) is 22.2. The zero-order valence-corrected chi connectivity index (χ0v) is 18.6. The zero-order valence-electron chi connectivity index (χ0n) is 18.6. The molecular formula is C24H32N4O4. The lowest BCUT2D eigenvalue weighted by Gasteiger charge is -2.45. The Bertz CT molecular complexity index is 1050. The van der Waals surface area contributed by atoms with Crippen LogP contribution in [-0.2, 0) is 11.3 Å². The van der Waals surface area contributed by atoms with Crippen LogP contribution in [0.3, 0.4) is 0 Å². The van der Waals surface area contributed by atoms with Gasteiger partial charge in [0.05, 0.1) is 18.1 Å². The van der Waals surface area contributed by atoms with Crippen molar-refractivity contribution in [1.82, 2.24) is 19.8 Å². The SMILES string of the molecule is C[C@H]1CC[C@@H](NC(=O)c2c(O)c3cccnc3n(CCN3C[C@@H]4CC[C@H]3CO4)c2=O)CC1. The molecule has 4 aliphatic rings. The molecule has 0 aromatic carbocycles. The van der Waals surface area contributed by atoms with Crippen molar-refractivity contribution in [1.29, 1.82) is 0 Å². The van der Waals surface area contributed by atoms with E-state index in [1.54, 1.807) is 22.9 Å². The van der Waals surface area contributed by atoms with Gasteiger partial charge in [-0.15, -0.1) is 0 Å². The Morgan fingerprint density at radius 3 is 2.72 bits per heavy atom. The van der Waals surface area contributed by atoms with Crippen LogP contribution >= 0.6 is 0 Å². The fourth-order valence-electron chi connectivity index (χ4n) is 5.48. The van der Waals surface area contributed by atoms with Gasteiger partial charge in [0.2, 0.25) is 0 Å². The average Bonchev–Trinajstić information content (AvgIpc) is 2.81. The van der Waals surface area contributed by atoms with Crippen LogP contribution in [0.4, 0.5) is 0 Å². The highest BCUT2D eigenvalue weighted by Gasteiger charge is 2.34. The lowest BCUT2D eigenvalue weighted by Crippen LogP contribution is -2.55. The van der Waals surface area contributed by atoms with Gasteiger partial charge >= 0.3 is 0 Å². The van der Waals surface area contributed by atoms with Crippen LogP contribution in [0.15, 0.2) is 23.1 Å². The van der Waals surface area contributed by atoms with Crippen LogP contribution < -0.4 is 10.9 Å². The fourth-order valence-corrected chi connectivity index (χ4v) is 5.48. The molecule has 0 spiro atoms. The maximum Gasteiger partial charge on any atom is 0.268 e. The van der Waals surface area contributed by atoms with E-state index in [9.17, 15) is 14.7 Å². The summed E-state index contributed by atoms with van der Waals surface area (Å²) in [7, 11) is 0. The molecule has 2 N–H and O–H groups in total. The van der Waals surface area contributed by atoms with Gasteiger partial charge in [-0.25, -0.2) is 4.98 Å². The highest BCUT2D eigenvalue weighted by Crippen LogP contribution is 2.28. The lowest BCUT2D eigenvalue weighted by molar-refractivity contribution is -0.106. The molecular weight excluding hydrogens is 408 g/mol. The second kappa shape index (κ2) is 8.83. The molecule has 3 saturated heterocycles. The van der Waals surface area contributed by atoms with Crippen molar-refractivity contribution in [2.24, 2.45) is 5.92 Å². The number of pyridine rings is 2. The molecule has 2 bridgehead atoms. The van der Waals surface area contributed by atoms with Gasteiger partial charge in [0, 0.05) is 37.9 Å². The van der Waals surface area contributed by atoms with Crippen molar-refractivity contribution in [2.45, 2.75) is 70.2 Å². The van der Waals surface area contributed by atoms with E-state index in [1.807, 2.05) is 0 Å². The normalized spacial score (nSPS) is 28.2. The Morgan fingerprint density at radius 2 is 2.03 bits per heavy atom. The predicted octanol–water partition coefficient (Wildman–Crippen LogP) is 2.27. The number of hydrogen-bond donors (Lipinski definition) is 2. The Kier molecular flexibility index (Phi) is 5.90. The molecule has 2 aromatic heterocycles. The quantitative estimate of drug-likeness (QED) is 0.741. The van der Waals surface area contributed by atoms with Crippen LogP contribution in [0.1, 0.15) is 55.8 Å². The average molecular weight is 441 g/mol. The third kappa shape index (κ3) is 4.01. The number of amides is 1. The molecule has 4 fully saturated rings. The number of piperidine rings is 1. The molecule has 2 aromatic rings. The second-order valence-corrected chi connectivity index (χ2v) is 9.67.